The highest BCUT2D eigenvalue weighted by atomic mass is 32.2. The zero-order valence-electron chi connectivity index (χ0n) is 20.3. The number of rotatable bonds is 9. The summed E-state index contributed by atoms with van der Waals surface area (Å²) in [6, 6.07) is 11.1. The number of hydrogen-bond donors (Lipinski definition) is 3. The molecule has 0 spiro atoms. The number of hydrogen-bond acceptors (Lipinski definition) is 5. The summed E-state index contributed by atoms with van der Waals surface area (Å²) in [5, 5.41) is 19.3. The Bertz CT molecular complexity index is 1370. The predicted octanol–water partition coefficient (Wildman–Crippen LogP) is 6.27. The molecule has 0 radical (unpaired) electrons. The molecule has 0 heterocycles. The Kier molecular flexibility index (Phi) is 8.76. The van der Waals surface area contributed by atoms with E-state index >= 15 is 0 Å². The second-order valence-electron chi connectivity index (χ2n) is 9.03. The predicted molar refractivity (Wildman–Crippen MR) is 134 cm³/mol. The van der Waals surface area contributed by atoms with Crippen LogP contribution in [0.2, 0.25) is 0 Å². The minimum Gasteiger partial charge on any atom is -0.507 e. The summed E-state index contributed by atoms with van der Waals surface area (Å²) in [6.45, 7) is -0.615. The van der Waals surface area contributed by atoms with Gasteiger partial charge in [-0.2, -0.15) is 0 Å². The lowest BCUT2D eigenvalue weighted by atomic mass is 9.96. The molecule has 0 atom stereocenters. The average molecular weight is 567 g/mol. The summed E-state index contributed by atoms with van der Waals surface area (Å²) in [7, 11) is 0. The van der Waals surface area contributed by atoms with Gasteiger partial charge in [-0.05, 0) is 54.0 Å². The summed E-state index contributed by atoms with van der Waals surface area (Å²) in [5.41, 5.74) is 1.63. The first-order valence-electron chi connectivity index (χ1n) is 11.9. The van der Waals surface area contributed by atoms with Crippen molar-refractivity contribution in [3.63, 3.8) is 0 Å². The van der Waals surface area contributed by atoms with Gasteiger partial charge in [0, 0.05) is 11.8 Å². The third-order valence-corrected chi connectivity index (χ3v) is 7.39. The summed E-state index contributed by atoms with van der Waals surface area (Å²) in [5.74, 6) is -12.8. The number of carboxylic acid groups (broad SMARTS) is 1. The van der Waals surface area contributed by atoms with Crippen LogP contribution in [0.4, 0.5) is 27.6 Å². The number of carbonyl (C=O) groups is 2. The number of carboxylic acids is 1. The topological polar surface area (TPSA) is 89.9 Å². The molecule has 1 amide bonds. The first kappa shape index (κ1) is 28.4. The van der Waals surface area contributed by atoms with Crippen molar-refractivity contribution in [2.75, 3.05) is 11.4 Å². The van der Waals surface area contributed by atoms with E-state index in [0.29, 0.717) is 11.5 Å². The van der Waals surface area contributed by atoms with Crippen molar-refractivity contribution < 1.29 is 41.8 Å². The molecule has 0 aromatic heterocycles. The molecule has 0 saturated heterocycles. The SMILES string of the molecule is O=C(O)c1ccc(N(Cc2ccc(C3CCCC3)cc2)C(=O)CNSc2c(F)c(F)c(F)c(F)c2F)cc1O. The van der Waals surface area contributed by atoms with Crippen LogP contribution >= 0.6 is 11.9 Å². The Morgan fingerprint density at radius 1 is 0.897 bits per heavy atom. The standard InChI is InChI=1S/C27H23F5N2O4S/c28-21-22(29)24(31)26(25(32)23(21)30)39-33-12-20(36)34(17-9-10-18(27(37)38)19(35)11-17)13-14-5-7-16(8-6-14)15-3-1-2-4-15/h5-11,15,33,35H,1-4,12-13H2,(H,37,38). The van der Waals surface area contributed by atoms with Gasteiger partial charge in [0.25, 0.3) is 0 Å². The van der Waals surface area contributed by atoms with E-state index in [9.17, 15) is 41.8 Å². The van der Waals surface area contributed by atoms with Crippen LogP contribution < -0.4 is 9.62 Å². The molecule has 3 N–H and O–H groups in total. The zero-order valence-corrected chi connectivity index (χ0v) is 21.1. The third kappa shape index (κ3) is 6.17. The Labute approximate surface area is 224 Å². The zero-order chi connectivity index (χ0) is 28.3. The third-order valence-electron chi connectivity index (χ3n) is 6.54. The van der Waals surface area contributed by atoms with Crippen molar-refractivity contribution in [1.82, 2.24) is 4.72 Å². The minimum atomic E-state index is -2.29. The average Bonchev–Trinajstić information content (AvgIpc) is 3.46. The quantitative estimate of drug-likeness (QED) is 0.122. The van der Waals surface area contributed by atoms with Crippen molar-refractivity contribution >= 4 is 29.5 Å². The fourth-order valence-electron chi connectivity index (χ4n) is 4.47. The van der Waals surface area contributed by atoms with Crippen LogP contribution in [-0.4, -0.2) is 28.6 Å². The number of anilines is 1. The van der Waals surface area contributed by atoms with Crippen LogP contribution in [-0.2, 0) is 11.3 Å². The van der Waals surface area contributed by atoms with E-state index in [-0.39, 0.29) is 29.7 Å². The summed E-state index contributed by atoms with van der Waals surface area (Å²) in [4.78, 5) is 24.4. The number of carbonyl (C=O) groups excluding carboxylic acids is 1. The Morgan fingerprint density at radius 3 is 2.05 bits per heavy atom. The summed E-state index contributed by atoms with van der Waals surface area (Å²) < 4.78 is 70.6. The fourth-order valence-corrected chi connectivity index (χ4v) is 5.17. The largest absolute Gasteiger partial charge is 0.507 e. The van der Waals surface area contributed by atoms with Gasteiger partial charge >= 0.3 is 5.97 Å². The number of aromatic carboxylic acids is 1. The normalized spacial score (nSPS) is 13.6. The van der Waals surface area contributed by atoms with Crippen molar-refractivity contribution in [3.8, 4) is 5.75 Å². The number of halogens is 5. The van der Waals surface area contributed by atoms with Gasteiger partial charge in [-0.15, -0.1) is 0 Å². The van der Waals surface area contributed by atoms with E-state index in [0.717, 1.165) is 25.0 Å². The molecule has 6 nitrogen and oxygen atoms in total. The van der Waals surface area contributed by atoms with E-state index in [4.69, 9.17) is 0 Å². The molecule has 1 aliphatic carbocycles. The molecule has 39 heavy (non-hydrogen) atoms. The van der Waals surface area contributed by atoms with Gasteiger partial charge in [-0.3, -0.25) is 9.52 Å². The van der Waals surface area contributed by atoms with Crippen LogP contribution in [0.3, 0.4) is 0 Å². The Balaban J connectivity index is 1.55. The first-order chi connectivity index (χ1) is 18.6. The maximum absolute atomic E-state index is 14.0. The van der Waals surface area contributed by atoms with Crippen LogP contribution in [0.5, 0.6) is 5.75 Å². The van der Waals surface area contributed by atoms with E-state index < -0.39 is 58.2 Å². The van der Waals surface area contributed by atoms with Crippen LogP contribution in [0.1, 0.15) is 53.1 Å². The Morgan fingerprint density at radius 2 is 1.49 bits per heavy atom. The number of nitrogens with one attached hydrogen (secondary N) is 1. The number of aromatic hydroxyl groups is 1. The molecule has 1 aliphatic rings. The maximum Gasteiger partial charge on any atom is 0.339 e. The van der Waals surface area contributed by atoms with E-state index in [1.54, 1.807) is 0 Å². The van der Waals surface area contributed by atoms with Gasteiger partial charge in [0.05, 0.1) is 13.1 Å². The maximum atomic E-state index is 14.0. The van der Waals surface area contributed by atoms with Crippen LogP contribution in [0, 0.1) is 29.1 Å². The monoisotopic (exact) mass is 566 g/mol. The highest BCUT2D eigenvalue weighted by Gasteiger charge is 2.27. The summed E-state index contributed by atoms with van der Waals surface area (Å²) in [6.07, 6.45) is 4.54. The van der Waals surface area contributed by atoms with Gasteiger partial charge < -0.3 is 15.1 Å². The Hall–Kier alpha value is -3.64. The molecule has 206 valence electrons. The van der Waals surface area contributed by atoms with E-state index in [2.05, 4.69) is 4.72 Å². The molecule has 0 unspecified atom stereocenters. The number of nitrogens with zero attached hydrogens (tertiary/aromatic N) is 1. The second kappa shape index (κ2) is 12.0. The van der Waals surface area contributed by atoms with Crippen molar-refractivity contribution in [2.45, 2.75) is 43.0 Å². The molecular weight excluding hydrogens is 543 g/mol. The molecule has 3 aromatic rings. The molecular formula is C27H23F5N2O4S. The molecule has 1 fully saturated rings. The fraction of sp³-hybridized carbons (Fsp3) is 0.259. The lowest BCUT2D eigenvalue weighted by molar-refractivity contribution is -0.117. The highest BCUT2D eigenvalue weighted by Crippen LogP contribution is 2.34. The molecule has 0 bridgehead atoms. The summed E-state index contributed by atoms with van der Waals surface area (Å²) >= 11 is 0.0622. The number of benzene rings is 3. The lowest BCUT2D eigenvalue weighted by Gasteiger charge is -2.24. The van der Waals surface area contributed by atoms with Crippen molar-refractivity contribution in [3.05, 3.63) is 88.2 Å². The molecule has 0 aliphatic heterocycles. The van der Waals surface area contributed by atoms with E-state index in [1.807, 2.05) is 24.3 Å². The van der Waals surface area contributed by atoms with Gasteiger partial charge in [-0.25, -0.2) is 26.7 Å². The van der Waals surface area contributed by atoms with E-state index in [1.165, 1.54) is 29.4 Å². The lowest BCUT2D eigenvalue weighted by Crippen LogP contribution is -2.36. The van der Waals surface area contributed by atoms with Crippen molar-refractivity contribution in [2.24, 2.45) is 0 Å². The second-order valence-corrected chi connectivity index (χ2v) is 9.93. The van der Waals surface area contributed by atoms with Gasteiger partial charge in [0.1, 0.15) is 16.2 Å². The highest BCUT2D eigenvalue weighted by molar-refractivity contribution is 7.97. The first-order valence-corrected chi connectivity index (χ1v) is 12.8. The van der Waals surface area contributed by atoms with Crippen molar-refractivity contribution in [1.29, 1.82) is 0 Å². The van der Waals surface area contributed by atoms with Crippen LogP contribution in [0.15, 0.2) is 47.4 Å². The molecule has 3 aromatic carbocycles. The number of amides is 1. The van der Waals surface area contributed by atoms with Crippen LogP contribution in [0.25, 0.3) is 0 Å². The molecule has 1 saturated carbocycles. The van der Waals surface area contributed by atoms with Gasteiger partial charge in [-0.1, -0.05) is 37.1 Å². The molecule has 4 rings (SSSR count). The van der Waals surface area contributed by atoms with Gasteiger partial charge in [0.2, 0.25) is 11.7 Å². The smallest absolute Gasteiger partial charge is 0.339 e. The number of phenols is 1. The van der Waals surface area contributed by atoms with Gasteiger partial charge in [0.15, 0.2) is 23.3 Å². The minimum absolute atomic E-state index is 0.00941. The molecule has 12 heteroatoms.